The third kappa shape index (κ3) is 3.49. The summed E-state index contributed by atoms with van der Waals surface area (Å²) in [6, 6.07) is 11.4. The number of aryl methyl sites for hydroxylation is 1. The van der Waals surface area contributed by atoms with Gasteiger partial charge >= 0.3 is 6.09 Å². The summed E-state index contributed by atoms with van der Waals surface area (Å²) in [6.07, 6.45) is 2.60. The van der Waals surface area contributed by atoms with Crippen LogP contribution in [0.5, 0.6) is 0 Å². The Bertz CT molecular complexity index is 1020. The molecule has 0 N–H and O–H groups in total. The summed E-state index contributed by atoms with van der Waals surface area (Å²) in [4.78, 5) is 41.6. The summed E-state index contributed by atoms with van der Waals surface area (Å²) >= 11 is 0. The predicted octanol–water partition coefficient (Wildman–Crippen LogP) is 2.82. The molecule has 2 saturated heterocycles. The highest BCUT2D eigenvalue weighted by atomic mass is 16.6. The Morgan fingerprint density at radius 1 is 1.10 bits per heavy atom. The van der Waals surface area contributed by atoms with Gasteiger partial charge in [-0.15, -0.1) is 0 Å². The molecule has 2 aromatic rings. The van der Waals surface area contributed by atoms with Crippen molar-refractivity contribution in [2.45, 2.75) is 38.3 Å². The number of nitrogens with zero attached hydrogens (tertiary/aromatic N) is 3. The van der Waals surface area contributed by atoms with Crippen molar-refractivity contribution in [3.63, 3.8) is 0 Å². The smallest absolute Gasteiger partial charge is 0.410 e. The summed E-state index contributed by atoms with van der Waals surface area (Å²) in [5.74, 6) is -0.250. The van der Waals surface area contributed by atoms with Crippen molar-refractivity contribution < 1.29 is 14.3 Å². The van der Waals surface area contributed by atoms with Crippen molar-refractivity contribution in [3.8, 4) is 0 Å². The fourth-order valence-electron chi connectivity index (χ4n) is 4.43. The quantitative estimate of drug-likeness (QED) is 0.782. The fourth-order valence-corrected chi connectivity index (χ4v) is 4.43. The zero-order valence-corrected chi connectivity index (χ0v) is 17.6. The van der Waals surface area contributed by atoms with E-state index in [-0.39, 0.29) is 29.2 Å². The molecule has 2 fully saturated rings. The Hall–Kier alpha value is -3.09. The lowest BCUT2D eigenvalue weighted by molar-refractivity contribution is 0.00309. The van der Waals surface area contributed by atoms with Crippen molar-refractivity contribution in [2.75, 3.05) is 26.7 Å². The van der Waals surface area contributed by atoms with Gasteiger partial charge in [0.1, 0.15) is 11.2 Å². The summed E-state index contributed by atoms with van der Waals surface area (Å²) in [5.41, 5.74) is 1.11. The van der Waals surface area contributed by atoms with Crippen LogP contribution in [-0.4, -0.2) is 58.7 Å². The number of carbonyl (C=O) groups excluding carboxylic acids is 2. The van der Waals surface area contributed by atoms with Gasteiger partial charge in [-0.3, -0.25) is 9.59 Å². The molecule has 0 saturated carbocycles. The molecule has 158 valence electrons. The van der Waals surface area contributed by atoms with Crippen LogP contribution in [-0.2, 0) is 4.74 Å². The van der Waals surface area contributed by atoms with Crippen LogP contribution in [0.25, 0.3) is 0 Å². The maximum atomic E-state index is 13.3. The average molecular weight is 409 g/mol. The van der Waals surface area contributed by atoms with E-state index >= 15 is 0 Å². The number of aromatic nitrogens is 1. The zero-order valence-electron chi connectivity index (χ0n) is 17.6. The van der Waals surface area contributed by atoms with Gasteiger partial charge in [0.05, 0.1) is 12.6 Å². The lowest BCUT2D eigenvalue weighted by atomic mass is 9.91. The maximum absolute atomic E-state index is 13.3. The van der Waals surface area contributed by atoms with Crippen LogP contribution in [0.4, 0.5) is 4.79 Å². The summed E-state index contributed by atoms with van der Waals surface area (Å²) < 4.78 is 7.19. The Balaban J connectivity index is 1.56. The second-order valence-corrected chi connectivity index (χ2v) is 8.37. The minimum absolute atomic E-state index is 0.177. The topological polar surface area (TPSA) is 71.9 Å². The minimum Gasteiger partial charge on any atom is -0.441 e. The molecule has 1 aromatic heterocycles. The fraction of sp³-hybridized carbons (Fsp3) is 0.435. The molecule has 7 heteroatoms. The van der Waals surface area contributed by atoms with Crippen LogP contribution in [0.3, 0.4) is 0 Å². The number of rotatable bonds is 3. The predicted molar refractivity (Wildman–Crippen MR) is 113 cm³/mol. The van der Waals surface area contributed by atoms with Crippen molar-refractivity contribution >= 4 is 12.0 Å². The van der Waals surface area contributed by atoms with Crippen molar-refractivity contribution in [3.05, 3.63) is 69.6 Å². The summed E-state index contributed by atoms with van der Waals surface area (Å²) in [5, 5.41) is 0. The second kappa shape index (κ2) is 7.63. The first-order chi connectivity index (χ1) is 14.3. The molecule has 0 bridgehead atoms. The molecule has 3 heterocycles. The first-order valence-electron chi connectivity index (χ1n) is 10.3. The third-order valence-electron chi connectivity index (χ3n) is 6.34. The first-order valence-corrected chi connectivity index (χ1v) is 10.3. The maximum Gasteiger partial charge on any atom is 0.410 e. The first kappa shape index (κ1) is 20.2. The summed E-state index contributed by atoms with van der Waals surface area (Å²) in [6.45, 7) is 5.21. The Morgan fingerprint density at radius 3 is 2.37 bits per heavy atom. The van der Waals surface area contributed by atoms with E-state index in [9.17, 15) is 14.4 Å². The van der Waals surface area contributed by atoms with E-state index in [1.165, 1.54) is 0 Å². The highest BCUT2D eigenvalue weighted by molar-refractivity contribution is 5.95. The molecule has 2 aliphatic heterocycles. The van der Waals surface area contributed by atoms with Gasteiger partial charge in [0.25, 0.3) is 11.5 Å². The number of pyridine rings is 1. The molecule has 0 aliphatic carbocycles. The number of ether oxygens (including phenoxy) is 1. The number of amides is 2. The molecule has 1 aromatic carbocycles. The largest absolute Gasteiger partial charge is 0.441 e. The van der Waals surface area contributed by atoms with Gasteiger partial charge in [0.15, 0.2) is 0 Å². The van der Waals surface area contributed by atoms with E-state index in [1.807, 2.05) is 43.3 Å². The van der Waals surface area contributed by atoms with Crippen molar-refractivity contribution in [2.24, 2.45) is 0 Å². The lowest BCUT2D eigenvalue weighted by Gasteiger charge is -2.37. The molecule has 1 unspecified atom stereocenters. The van der Waals surface area contributed by atoms with Gasteiger partial charge in [-0.05, 0) is 31.0 Å². The molecule has 7 nitrogen and oxygen atoms in total. The highest BCUT2D eigenvalue weighted by Crippen LogP contribution is 2.33. The van der Waals surface area contributed by atoms with Gasteiger partial charge in [0, 0.05) is 39.2 Å². The Morgan fingerprint density at radius 2 is 1.77 bits per heavy atom. The number of benzene rings is 1. The molecule has 4 rings (SSSR count). The number of hydrogen-bond donors (Lipinski definition) is 0. The van der Waals surface area contributed by atoms with Crippen LogP contribution < -0.4 is 5.56 Å². The van der Waals surface area contributed by atoms with Crippen LogP contribution in [0.1, 0.15) is 47.3 Å². The van der Waals surface area contributed by atoms with Gasteiger partial charge in [-0.2, -0.15) is 0 Å². The number of piperidine rings is 1. The van der Waals surface area contributed by atoms with Crippen molar-refractivity contribution in [1.82, 2.24) is 14.4 Å². The monoisotopic (exact) mass is 409 g/mol. The molecule has 0 radical (unpaired) electrons. The summed E-state index contributed by atoms with van der Waals surface area (Å²) in [7, 11) is 1.72. The lowest BCUT2D eigenvalue weighted by Crippen LogP contribution is -2.49. The number of likely N-dealkylation sites (tertiary alicyclic amines) is 1. The van der Waals surface area contributed by atoms with Crippen LogP contribution >= 0.6 is 0 Å². The Labute approximate surface area is 175 Å². The van der Waals surface area contributed by atoms with E-state index in [4.69, 9.17) is 4.74 Å². The number of hydrogen-bond acceptors (Lipinski definition) is 4. The SMILES string of the molecule is Cc1ccn(C(C)c2ccccc2)c(=O)c1C(=O)N1CCC2(CC1)CN(C)C(=O)O2. The van der Waals surface area contributed by atoms with E-state index in [1.54, 1.807) is 34.5 Å². The van der Waals surface area contributed by atoms with E-state index in [2.05, 4.69) is 0 Å². The normalized spacial score (nSPS) is 19.1. The molecule has 1 spiro atoms. The van der Waals surface area contributed by atoms with Gasteiger partial charge < -0.3 is 19.1 Å². The number of likely N-dealkylation sites (N-methyl/N-ethyl adjacent to an activating group) is 1. The second-order valence-electron chi connectivity index (χ2n) is 8.37. The van der Waals surface area contributed by atoms with Gasteiger partial charge in [0.2, 0.25) is 0 Å². The molecular formula is C23H27N3O4. The third-order valence-corrected chi connectivity index (χ3v) is 6.34. The minimum atomic E-state index is -0.517. The highest BCUT2D eigenvalue weighted by Gasteiger charge is 2.46. The van der Waals surface area contributed by atoms with Gasteiger partial charge in [-0.1, -0.05) is 30.3 Å². The van der Waals surface area contributed by atoms with Crippen LogP contribution in [0.2, 0.25) is 0 Å². The molecule has 2 amide bonds. The molecule has 2 aliphatic rings. The molecular weight excluding hydrogens is 382 g/mol. The van der Waals surface area contributed by atoms with Crippen LogP contribution in [0, 0.1) is 6.92 Å². The van der Waals surface area contributed by atoms with E-state index in [0.29, 0.717) is 38.0 Å². The van der Waals surface area contributed by atoms with Crippen molar-refractivity contribution in [1.29, 1.82) is 0 Å². The Kier molecular flexibility index (Phi) is 5.13. The average Bonchev–Trinajstić information content (AvgIpc) is 3.01. The van der Waals surface area contributed by atoms with E-state index < -0.39 is 5.60 Å². The van der Waals surface area contributed by atoms with E-state index in [0.717, 1.165) is 5.56 Å². The zero-order chi connectivity index (χ0) is 21.5. The molecule has 30 heavy (non-hydrogen) atoms. The van der Waals surface area contributed by atoms with Gasteiger partial charge in [-0.25, -0.2) is 4.79 Å². The number of carbonyl (C=O) groups is 2. The van der Waals surface area contributed by atoms with Crippen LogP contribution in [0.15, 0.2) is 47.4 Å². The molecule has 1 atom stereocenters. The standard InChI is InChI=1S/C23H27N3O4/c1-16-9-12-26(17(2)18-7-5-4-6-8-18)21(28)19(16)20(27)25-13-10-23(11-14-25)15-24(3)22(29)30-23/h4-9,12,17H,10-11,13-15H2,1-3H3.